The van der Waals surface area contributed by atoms with Crippen LogP contribution in [0.5, 0.6) is 0 Å². The molecule has 0 radical (unpaired) electrons. The molecule has 6 nitrogen and oxygen atoms in total. The number of nitrogens with one attached hydrogen (secondary N) is 2. The Morgan fingerprint density at radius 3 is 2.48 bits per heavy atom. The normalized spacial score (nSPS) is 10.5. The van der Waals surface area contributed by atoms with E-state index in [9.17, 15) is 9.59 Å². The average molecular weight is 432 g/mol. The Balaban J connectivity index is 1.37. The number of anilines is 1. The third-order valence-electron chi connectivity index (χ3n) is 4.52. The van der Waals surface area contributed by atoms with E-state index in [-0.39, 0.29) is 18.4 Å². The maximum absolute atomic E-state index is 12.6. The van der Waals surface area contributed by atoms with Crippen molar-refractivity contribution in [3.8, 4) is 11.3 Å². The van der Waals surface area contributed by atoms with E-state index in [1.807, 2.05) is 24.3 Å². The van der Waals surface area contributed by atoms with Crippen LogP contribution in [0.15, 0.2) is 89.6 Å². The Bertz CT molecular complexity index is 1200. The zero-order valence-electron chi connectivity index (χ0n) is 16.3. The van der Waals surface area contributed by atoms with Crippen LogP contribution in [0.2, 0.25) is 5.02 Å². The van der Waals surface area contributed by atoms with Gasteiger partial charge in [-0.1, -0.05) is 17.7 Å². The number of nitrogens with zero attached hydrogens (tertiary/aromatic N) is 1. The van der Waals surface area contributed by atoms with Crippen LogP contribution in [0.1, 0.15) is 26.5 Å². The predicted octanol–water partition coefficient (Wildman–Crippen LogP) is 5.18. The topological polar surface area (TPSA) is 84.2 Å². The Labute approximate surface area is 183 Å². The van der Waals surface area contributed by atoms with E-state index in [2.05, 4.69) is 15.6 Å². The van der Waals surface area contributed by atoms with Crippen molar-refractivity contribution in [3.05, 3.63) is 107 Å². The lowest BCUT2D eigenvalue weighted by atomic mass is 10.1. The summed E-state index contributed by atoms with van der Waals surface area (Å²) in [5.74, 6) is 0.748. The zero-order valence-corrected chi connectivity index (χ0v) is 17.1. The molecule has 0 fully saturated rings. The minimum atomic E-state index is -0.295. The molecule has 0 aliphatic heterocycles. The molecule has 2 N–H and O–H groups in total. The molecular weight excluding hydrogens is 414 g/mol. The Hall–Kier alpha value is -3.90. The van der Waals surface area contributed by atoms with Crippen molar-refractivity contribution in [2.24, 2.45) is 0 Å². The van der Waals surface area contributed by atoms with Crippen LogP contribution >= 0.6 is 11.6 Å². The van der Waals surface area contributed by atoms with Crippen LogP contribution in [0, 0.1) is 0 Å². The highest BCUT2D eigenvalue weighted by molar-refractivity contribution is 6.30. The molecule has 0 saturated heterocycles. The molecule has 4 aromatic rings. The lowest BCUT2D eigenvalue weighted by Gasteiger charge is -2.08. The summed E-state index contributed by atoms with van der Waals surface area (Å²) in [7, 11) is 0. The number of benzene rings is 2. The van der Waals surface area contributed by atoms with E-state index in [4.69, 9.17) is 16.0 Å². The average Bonchev–Trinajstić information content (AvgIpc) is 3.28. The molecule has 0 bridgehead atoms. The molecule has 154 valence electrons. The van der Waals surface area contributed by atoms with Gasteiger partial charge in [-0.2, -0.15) is 0 Å². The lowest BCUT2D eigenvalue weighted by Crippen LogP contribution is -2.22. The van der Waals surface area contributed by atoms with Gasteiger partial charge in [-0.25, -0.2) is 0 Å². The molecular formula is C24H18ClN3O3. The molecule has 4 rings (SSSR count). The largest absolute Gasteiger partial charge is 0.459 e. The number of carbonyl (C=O) groups is 2. The second kappa shape index (κ2) is 9.28. The van der Waals surface area contributed by atoms with Gasteiger partial charge in [0.15, 0.2) is 0 Å². The summed E-state index contributed by atoms with van der Waals surface area (Å²) in [4.78, 5) is 28.8. The van der Waals surface area contributed by atoms with Gasteiger partial charge in [0.1, 0.15) is 11.5 Å². The second-order valence-corrected chi connectivity index (χ2v) is 7.17. The Morgan fingerprint density at radius 2 is 1.71 bits per heavy atom. The van der Waals surface area contributed by atoms with Crippen LogP contribution in [0.25, 0.3) is 11.3 Å². The third-order valence-corrected chi connectivity index (χ3v) is 4.77. The van der Waals surface area contributed by atoms with Crippen molar-refractivity contribution in [2.45, 2.75) is 6.54 Å². The van der Waals surface area contributed by atoms with E-state index in [1.165, 1.54) is 6.20 Å². The number of halogens is 1. The number of hydrogen-bond donors (Lipinski definition) is 2. The first kappa shape index (κ1) is 20.4. The summed E-state index contributed by atoms with van der Waals surface area (Å²) in [5.41, 5.74) is 2.28. The molecule has 0 aliphatic rings. The van der Waals surface area contributed by atoms with Gasteiger partial charge in [-0.05, 0) is 66.7 Å². The van der Waals surface area contributed by atoms with Gasteiger partial charge in [0.25, 0.3) is 11.8 Å². The number of aromatic nitrogens is 1. The fraction of sp³-hybridized carbons (Fsp3) is 0.0417. The molecule has 7 heteroatoms. The predicted molar refractivity (Wildman–Crippen MR) is 119 cm³/mol. The van der Waals surface area contributed by atoms with Gasteiger partial charge in [0.2, 0.25) is 0 Å². The lowest BCUT2D eigenvalue weighted by molar-refractivity contribution is 0.0947. The monoisotopic (exact) mass is 431 g/mol. The maximum atomic E-state index is 12.6. The first-order chi connectivity index (χ1) is 15.1. The smallest absolute Gasteiger partial charge is 0.257 e. The van der Waals surface area contributed by atoms with Gasteiger partial charge in [-0.3, -0.25) is 14.6 Å². The highest BCUT2D eigenvalue weighted by Crippen LogP contribution is 2.24. The van der Waals surface area contributed by atoms with E-state index < -0.39 is 0 Å². The highest BCUT2D eigenvalue weighted by atomic mass is 35.5. The molecule has 0 saturated carbocycles. The van der Waals surface area contributed by atoms with E-state index in [0.717, 1.165) is 5.56 Å². The molecule has 0 unspecified atom stereocenters. The van der Waals surface area contributed by atoms with E-state index in [0.29, 0.717) is 33.4 Å². The first-order valence-electron chi connectivity index (χ1n) is 9.53. The zero-order chi connectivity index (χ0) is 21.6. The number of furan rings is 1. The van der Waals surface area contributed by atoms with Gasteiger partial charge in [0.05, 0.1) is 12.1 Å². The maximum Gasteiger partial charge on any atom is 0.257 e. The van der Waals surface area contributed by atoms with Crippen LogP contribution < -0.4 is 10.6 Å². The molecule has 0 aliphatic carbocycles. The minimum Gasteiger partial charge on any atom is -0.459 e. The van der Waals surface area contributed by atoms with Crippen molar-refractivity contribution >= 4 is 29.1 Å². The fourth-order valence-electron chi connectivity index (χ4n) is 2.95. The van der Waals surface area contributed by atoms with Crippen LogP contribution in [0.3, 0.4) is 0 Å². The summed E-state index contributed by atoms with van der Waals surface area (Å²) < 4.78 is 5.80. The standard InChI is InChI=1S/C24H18ClN3O3/c25-19-8-6-16(7-9-19)22-11-10-21(31-22)15-27-23(29)17-3-1-5-20(13-17)28-24(30)18-4-2-12-26-14-18/h1-14H,15H2,(H,27,29)(H,28,30). The third kappa shape index (κ3) is 5.18. The van der Waals surface area contributed by atoms with Gasteiger partial charge in [0, 0.05) is 34.2 Å². The molecule has 0 spiro atoms. The Kier molecular flexibility index (Phi) is 6.10. The first-order valence-corrected chi connectivity index (χ1v) is 9.90. The second-order valence-electron chi connectivity index (χ2n) is 6.73. The summed E-state index contributed by atoms with van der Waals surface area (Å²) >= 11 is 5.91. The Morgan fingerprint density at radius 1 is 0.903 bits per heavy atom. The van der Waals surface area contributed by atoms with Crippen LogP contribution in [-0.2, 0) is 6.54 Å². The van der Waals surface area contributed by atoms with Crippen molar-refractivity contribution in [1.29, 1.82) is 0 Å². The summed E-state index contributed by atoms with van der Waals surface area (Å²) in [6, 6.07) is 21.1. The number of carbonyl (C=O) groups excluding carboxylic acids is 2. The van der Waals surface area contributed by atoms with Crippen molar-refractivity contribution < 1.29 is 14.0 Å². The molecule has 31 heavy (non-hydrogen) atoms. The van der Waals surface area contributed by atoms with Crippen LogP contribution in [-0.4, -0.2) is 16.8 Å². The van der Waals surface area contributed by atoms with Crippen molar-refractivity contribution in [3.63, 3.8) is 0 Å². The van der Waals surface area contributed by atoms with E-state index in [1.54, 1.807) is 54.7 Å². The number of amides is 2. The molecule has 0 atom stereocenters. The van der Waals surface area contributed by atoms with Gasteiger partial charge in [-0.15, -0.1) is 0 Å². The van der Waals surface area contributed by atoms with Crippen LogP contribution in [0.4, 0.5) is 5.69 Å². The molecule has 2 amide bonds. The summed E-state index contributed by atoms with van der Waals surface area (Å²) in [6.45, 7) is 0.235. The number of pyridine rings is 1. The van der Waals surface area contributed by atoms with E-state index >= 15 is 0 Å². The SMILES string of the molecule is O=C(NCc1ccc(-c2ccc(Cl)cc2)o1)c1cccc(NC(=O)c2cccnc2)c1. The quantitative estimate of drug-likeness (QED) is 0.440. The molecule has 2 aromatic heterocycles. The number of rotatable bonds is 6. The fourth-order valence-corrected chi connectivity index (χ4v) is 3.08. The van der Waals surface area contributed by atoms with Crippen molar-refractivity contribution in [2.75, 3.05) is 5.32 Å². The van der Waals surface area contributed by atoms with Gasteiger partial charge >= 0.3 is 0 Å². The van der Waals surface area contributed by atoms with Crippen molar-refractivity contribution in [1.82, 2.24) is 10.3 Å². The number of hydrogen-bond acceptors (Lipinski definition) is 4. The summed E-state index contributed by atoms with van der Waals surface area (Å²) in [5, 5.41) is 6.25. The molecule has 2 heterocycles. The highest BCUT2D eigenvalue weighted by Gasteiger charge is 2.11. The minimum absolute atomic E-state index is 0.235. The molecule has 2 aromatic carbocycles. The van der Waals surface area contributed by atoms with Gasteiger partial charge < -0.3 is 15.1 Å². The summed E-state index contributed by atoms with van der Waals surface area (Å²) in [6.07, 6.45) is 3.08.